The maximum absolute atomic E-state index is 13.1. The van der Waals surface area contributed by atoms with Crippen LogP contribution < -0.4 is 15.0 Å². The molecule has 1 saturated heterocycles. The number of aromatic hydroxyl groups is 1. The van der Waals surface area contributed by atoms with Gasteiger partial charge in [0, 0.05) is 24.2 Å². The second-order valence-electron chi connectivity index (χ2n) is 7.17. The van der Waals surface area contributed by atoms with Gasteiger partial charge in [-0.1, -0.05) is 23.7 Å². The monoisotopic (exact) mass is 556 g/mol. The number of hydrogen-bond acceptors (Lipinski definition) is 7. The molecule has 1 aliphatic rings. The van der Waals surface area contributed by atoms with Crippen molar-refractivity contribution in [2.24, 2.45) is 0 Å². The summed E-state index contributed by atoms with van der Waals surface area (Å²) in [7, 11) is -2.72. The Hall–Kier alpha value is -2.40. The highest BCUT2D eigenvalue weighted by atomic mass is 79.9. The molecule has 1 heterocycles. The topological polar surface area (TPSA) is 142 Å². The number of anilines is 2. The minimum atomic E-state index is -4.26. The van der Waals surface area contributed by atoms with E-state index in [0.29, 0.717) is 23.3 Å². The molecule has 0 bridgehead atoms. The Bertz CT molecular complexity index is 1190. The van der Waals surface area contributed by atoms with Gasteiger partial charge in [0.2, 0.25) is 5.96 Å². The minimum Gasteiger partial charge on any atom is -0.504 e. The van der Waals surface area contributed by atoms with Gasteiger partial charge >= 0.3 is 0 Å². The van der Waals surface area contributed by atoms with E-state index in [-0.39, 0.29) is 16.8 Å². The lowest BCUT2D eigenvalue weighted by Crippen LogP contribution is -2.46. The van der Waals surface area contributed by atoms with Crippen molar-refractivity contribution in [2.45, 2.75) is 23.8 Å². The lowest BCUT2D eigenvalue weighted by atomic mass is 10.2. The third-order valence-electron chi connectivity index (χ3n) is 5.00. The second kappa shape index (κ2) is 10.7. The first-order chi connectivity index (χ1) is 15.7. The summed E-state index contributed by atoms with van der Waals surface area (Å²) < 4.78 is 31.9. The molecule has 1 aliphatic heterocycles. The normalized spacial score (nSPS) is 16.4. The molecule has 0 aliphatic carbocycles. The summed E-state index contributed by atoms with van der Waals surface area (Å²) in [4.78, 5) is 2.91. The zero-order chi connectivity index (χ0) is 24.2. The van der Waals surface area contributed by atoms with E-state index in [1.165, 1.54) is 19.2 Å². The van der Waals surface area contributed by atoms with Gasteiger partial charge < -0.3 is 15.2 Å². The zero-order valence-electron chi connectivity index (χ0n) is 17.5. The van der Waals surface area contributed by atoms with Crippen molar-refractivity contribution >= 4 is 54.9 Å². The number of rotatable bonds is 7. The third kappa shape index (κ3) is 5.57. The number of para-hydroxylation sites is 1. The van der Waals surface area contributed by atoms with Gasteiger partial charge in [0.15, 0.2) is 11.9 Å². The molecule has 2 aromatic rings. The average molecular weight is 558 g/mol. The smallest absolute Gasteiger partial charge is 0.258 e. The summed E-state index contributed by atoms with van der Waals surface area (Å²) in [6, 6.07) is 9.25. The van der Waals surface area contributed by atoms with E-state index >= 15 is 0 Å². The van der Waals surface area contributed by atoms with Crippen LogP contribution in [0.15, 0.2) is 45.8 Å². The number of nitrogens with one attached hydrogen (secondary N) is 3. The molecule has 0 amide bonds. The van der Waals surface area contributed by atoms with Crippen molar-refractivity contribution < 1.29 is 18.3 Å². The molecule has 0 unspecified atom stereocenters. The highest BCUT2D eigenvalue weighted by Gasteiger charge is 2.32. The average Bonchev–Trinajstić information content (AvgIpc) is 3.18. The van der Waals surface area contributed by atoms with Gasteiger partial charge in [-0.25, -0.2) is 18.3 Å². The number of guanidine groups is 1. The first kappa shape index (κ1) is 25.2. The van der Waals surface area contributed by atoms with Crippen molar-refractivity contribution in [3.8, 4) is 11.9 Å². The summed E-state index contributed by atoms with van der Waals surface area (Å²) >= 11 is 9.46. The molecule has 2 aromatic carbocycles. The Morgan fingerprint density at radius 1 is 1.42 bits per heavy atom. The summed E-state index contributed by atoms with van der Waals surface area (Å²) in [5.41, 5.74) is 0.283. The molecule has 13 heteroatoms. The van der Waals surface area contributed by atoms with Crippen molar-refractivity contribution in [3.63, 3.8) is 0 Å². The van der Waals surface area contributed by atoms with Gasteiger partial charge in [-0.15, -0.1) is 4.83 Å². The Labute approximate surface area is 205 Å². The van der Waals surface area contributed by atoms with E-state index < -0.39 is 26.6 Å². The van der Waals surface area contributed by atoms with E-state index in [0.717, 1.165) is 17.7 Å². The van der Waals surface area contributed by atoms with Crippen molar-refractivity contribution in [1.82, 2.24) is 9.84 Å². The number of phenolic OH excluding ortho intramolecular Hbond substituents is 1. The molecule has 0 aromatic heterocycles. The molecular formula is C20H22BrClN6O4S. The highest BCUT2D eigenvalue weighted by molar-refractivity contribution is 9.10. The van der Waals surface area contributed by atoms with Gasteiger partial charge in [-0.2, -0.15) is 5.26 Å². The van der Waals surface area contributed by atoms with Crippen LogP contribution in [-0.4, -0.2) is 50.8 Å². The van der Waals surface area contributed by atoms with Crippen molar-refractivity contribution in [3.05, 3.63) is 45.9 Å². The molecule has 0 spiro atoms. The van der Waals surface area contributed by atoms with E-state index in [2.05, 4.69) is 26.1 Å². The fourth-order valence-electron chi connectivity index (χ4n) is 3.47. The number of hydrazine groups is 1. The Kier molecular flexibility index (Phi) is 8.17. The summed E-state index contributed by atoms with van der Waals surface area (Å²) in [5, 5.41) is 32.5. The number of sulfonamides is 1. The lowest BCUT2D eigenvalue weighted by Gasteiger charge is -2.25. The molecular weight excluding hydrogens is 536 g/mol. The Balaban J connectivity index is 1.88. The zero-order valence-corrected chi connectivity index (χ0v) is 20.7. The third-order valence-corrected chi connectivity index (χ3v) is 7.52. The van der Waals surface area contributed by atoms with Gasteiger partial charge in [-0.3, -0.25) is 5.41 Å². The number of nitriles is 1. The van der Waals surface area contributed by atoms with Gasteiger partial charge in [0.25, 0.3) is 10.0 Å². The summed E-state index contributed by atoms with van der Waals surface area (Å²) in [6.45, 7) is 0.831. The van der Waals surface area contributed by atoms with E-state index in [1.807, 2.05) is 6.19 Å². The molecule has 3 rings (SSSR count). The first-order valence-electron chi connectivity index (χ1n) is 9.79. The number of halogens is 2. The maximum Gasteiger partial charge on any atom is 0.258 e. The minimum absolute atomic E-state index is 0.105. The van der Waals surface area contributed by atoms with Crippen LogP contribution in [0, 0.1) is 16.9 Å². The SMILES string of the molecule is COC[C@@H]1CCCN1NS(=O)(=O)c1c(Cl)ccc(NC(=N)N(C#N)c2ccccc2Br)c1O. The van der Waals surface area contributed by atoms with Crippen molar-refractivity contribution in [2.75, 3.05) is 30.5 Å². The predicted molar refractivity (Wildman–Crippen MR) is 129 cm³/mol. The molecule has 0 saturated carbocycles. The fourth-order valence-corrected chi connectivity index (χ4v) is 5.71. The predicted octanol–water partition coefficient (Wildman–Crippen LogP) is 3.45. The lowest BCUT2D eigenvalue weighted by molar-refractivity contribution is 0.104. The number of benzene rings is 2. The van der Waals surface area contributed by atoms with Crippen LogP contribution >= 0.6 is 27.5 Å². The largest absolute Gasteiger partial charge is 0.504 e. The molecule has 1 atom stereocenters. The highest BCUT2D eigenvalue weighted by Crippen LogP contribution is 2.37. The molecule has 1 fully saturated rings. The molecule has 0 radical (unpaired) electrons. The molecule has 10 nitrogen and oxygen atoms in total. The number of ether oxygens (including phenoxy) is 1. The van der Waals surface area contributed by atoms with Crippen LogP contribution in [-0.2, 0) is 14.8 Å². The number of hydrogen-bond donors (Lipinski definition) is 4. The summed E-state index contributed by atoms with van der Waals surface area (Å²) in [5.74, 6) is -1.08. The van der Waals surface area contributed by atoms with Crippen LogP contribution in [0.25, 0.3) is 0 Å². The van der Waals surface area contributed by atoms with E-state index in [9.17, 15) is 18.8 Å². The quantitative estimate of drug-likeness (QED) is 0.133. The molecule has 33 heavy (non-hydrogen) atoms. The Morgan fingerprint density at radius 2 is 2.15 bits per heavy atom. The van der Waals surface area contributed by atoms with Gasteiger partial charge in [0.05, 0.1) is 23.0 Å². The van der Waals surface area contributed by atoms with Crippen molar-refractivity contribution in [1.29, 1.82) is 10.7 Å². The standard InChI is InChI=1S/C20H22BrClN6O4S/c1-32-11-13-5-4-10-28(13)26-33(30,31)19-15(22)8-9-16(18(19)29)25-20(24)27(12-23)17-7-3-2-6-14(17)21/h2-3,6-9,13,26,29H,4-5,10-11H2,1H3,(H2,24,25)/t13-/m0/s1. The van der Waals surface area contributed by atoms with Crippen LogP contribution in [0.1, 0.15) is 12.8 Å². The van der Waals surface area contributed by atoms with Crippen LogP contribution in [0.2, 0.25) is 5.02 Å². The van der Waals surface area contributed by atoms with Crippen LogP contribution in [0.5, 0.6) is 5.75 Å². The fraction of sp³-hybridized carbons (Fsp3) is 0.300. The molecule has 4 N–H and O–H groups in total. The second-order valence-corrected chi connectivity index (χ2v) is 10.0. The molecule has 176 valence electrons. The summed E-state index contributed by atoms with van der Waals surface area (Å²) in [6.07, 6.45) is 3.42. The Morgan fingerprint density at radius 3 is 2.82 bits per heavy atom. The van der Waals surface area contributed by atoms with Gasteiger partial charge in [0.1, 0.15) is 4.90 Å². The van der Waals surface area contributed by atoms with E-state index in [4.69, 9.17) is 21.7 Å². The van der Waals surface area contributed by atoms with E-state index in [1.54, 1.807) is 29.3 Å². The number of nitrogens with zero attached hydrogens (tertiary/aromatic N) is 3. The van der Waals surface area contributed by atoms with Gasteiger partial charge in [-0.05, 0) is 53.0 Å². The number of phenols is 1. The van der Waals surface area contributed by atoms with Crippen LogP contribution in [0.4, 0.5) is 11.4 Å². The maximum atomic E-state index is 13.1. The van der Waals surface area contributed by atoms with Crippen LogP contribution in [0.3, 0.4) is 0 Å². The number of methoxy groups -OCH3 is 1. The first-order valence-corrected chi connectivity index (χ1v) is 12.4.